The van der Waals surface area contributed by atoms with Crippen molar-refractivity contribution in [3.8, 4) is 0 Å². The number of nitrogens with zero attached hydrogens (tertiary/aromatic N) is 1. The molecule has 0 spiro atoms. The average Bonchev–Trinajstić information content (AvgIpc) is 2.52. The van der Waals surface area contributed by atoms with Crippen molar-refractivity contribution < 1.29 is 0 Å². The molecule has 0 saturated carbocycles. The van der Waals surface area contributed by atoms with E-state index in [1.165, 1.54) is 10.4 Å². The normalized spacial score (nSPS) is 12.0. The molecule has 0 radical (unpaired) electrons. The van der Waals surface area contributed by atoms with Crippen molar-refractivity contribution in [3.63, 3.8) is 0 Å². The highest BCUT2D eigenvalue weighted by molar-refractivity contribution is 7.18. The van der Waals surface area contributed by atoms with Crippen LogP contribution in [0.5, 0.6) is 0 Å². The quantitative estimate of drug-likeness (QED) is 0.847. The van der Waals surface area contributed by atoms with E-state index >= 15 is 0 Å². The number of aryl methyl sites for hydroxylation is 1. The van der Waals surface area contributed by atoms with Gasteiger partial charge >= 0.3 is 0 Å². The van der Waals surface area contributed by atoms with Crippen molar-refractivity contribution in [1.29, 1.82) is 0 Å². The Kier molecular flexibility index (Phi) is 2.89. The van der Waals surface area contributed by atoms with Gasteiger partial charge in [-0.3, -0.25) is 0 Å². The molecule has 0 amide bonds. The molecule has 0 saturated heterocycles. The molecule has 0 aliphatic rings. The van der Waals surface area contributed by atoms with E-state index in [4.69, 9.17) is 0 Å². The summed E-state index contributed by atoms with van der Waals surface area (Å²) in [6, 6.07) is 6.38. The Balaban J connectivity index is 2.19. The van der Waals surface area contributed by atoms with Crippen molar-refractivity contribution in [2.75, 3.05) is 11.9 Å². The molecule has 16 heavy (non-hydrogen) atoms. The maximum absolute atomic E-state index is 4.45. The van der Waals surface area contributed by atoms with Crippen LogP contribution < -0.4 is 5.32 Å². The number of benzene rings is 1. The van der Waals surface area contributed by atoms with E-state index in [9.17, 15) is 0 Å². The minimum absolute atomic E-state index is 0.304. The standard InChI is InChI=1S/C13H18N2S/c1-9-15-11-6-5-10(7-12(11)16-9)14-8-13(2,3)4/h5-7,14H,8H2,1-4H3. The predicted octanol–water partition coefficient (Wildman–Crippen LogP) is 4.06. The summed E-state index contributed by atoms with van der Waals surface area (Å²) in [5.74, 6) is 0. The zero-order chi connectivity index (χ0) is 11.8. The van der Waals surface area contributed by atoms with Crippen LogP contribution in [0, 0.1) is 12.3 Å². The molecule has 1 heterocycles. The zero-order valence-corrected chi connectivity index (χ0v) is 11.1. The third kappa shape index (κ3) is 2.73. The van der Waals surface area contributed by atoms with Crippen LogP contribution in [0.4, 0.5) is 5.69 Å². The highest BCUT2D eigenvalue weighted by Gasteiger charge is 2.09. The van der Waals surface area contributed by atoms with E-state index in [0.29, 0.717) is 5.41 Å². The second kappa shape index (κ2) is 4.06. The van der Waals surface area contributed by atoms with Gasteiger partial charge < -0.3 is 5.32 Å². The van der Waals surface area contributed by atoms with Gasteiger partial charge in [-0.1, -0.05) is 20.8 Å². The van der Waals surface area contributed by atoms with E-state index in [2.05, 4.69) is 49.3 Å². The summed E-state index contributed by atoms with van der Waals surface area (Å²) in [5.41, 5.74) is 2.59. The molecular formula is C13H18N2S. The van der Waals surface area contributed by atoms with Gasteiger partial charge in [-0.05, 0) is 30.5 Å². The first-order valence-corrected chi connectivity index (χ1v) is 6.37. The molecule has 0 atom stereocenters. The number of hydrogen-bond donors (Lipinski definition) is 1. The SMILES string of the molecule is Cc1nc2ccc(NCC(C)(C)C)cc2s1. The average molecular weight is 234 g/mol. The lowest BCUT2D eigenvalue weighted by Gasteiger charge is -2.19. The minimum Gasteiger partial charge on any atom is -0.384 e. The first-order chi connectivity index (χ1) is 7.44. The van der Waals surface area contributed by atoms with E-state index in [-0.39, 0.29) is 0 Å². The van der Waals surface area contributed by atoms with E-state index in [1.807, 2.05) is 6.92 Å². The summed E-state index contributed by atoms with van der Waals surface area (Å²) in [7, 11) is 0. The summed E-state index contributed by atoms with van der Waals surface area (Å²) < 4.78 is 1.26. The highest BCUT2D eigenvalue weighted by atomic mass is 32.1. The molecule has 2 aromatic rings. The Hall–Kier alpha value is -1.09. The smallest absolute Gasteiger partial charge is 0.0907 e. The number of rotatable bonds is 2. The van der Waals surface area contributed by atoms with Crippen LogP contribution in [0.3, 0.4) is 0 Å². The summed E-state index contributed by atoms with van der Waals surface area (Å²) >= 11 is 1.75. The summed E-state index contributed by atoms with van der Waals surface area (Å²) in [5, 5.41) is 4.59. The van der Waals surface area contributed by atoms with Crippen molar-refractivity contribution >= 4 is 27.2 Å². The molecule has 1 N–H and O–H groups in total. The van der Waals surface area contributed by atoms with Crippen molar-refractivity contribution in [2.24, 2.45) is 5.41 Å². The Bertz CT molecular complexity index is 494. The monoisotopic (exact) mass is 234 g/mol. The lowest BCUT2D eigenvalue weighted by atomic mass is 9.97. The van der Waals surface area contributed by atoms with Gasteiger partial charge in [-0.15, -0.1) is 11.3 Å². The largest absolute Gasteiger partial charge is 0.384 e. The maximum atomic E-state index is 4.45. The number of nitrogens with one attached hydrogen (secondary N) is 1. The molecule has 3 heteroatoms. The third-order valence-electron chi connectivity index (χ3n) is 2.32. The fourth-order valence-corrected chi connectivity index (χ4v) is 2.38. The molecule has 0 unspecified atom stereocenters. The molecule has 86 valence electrons. The van der Waals surface area contributed by atoms with Gasteiger partial charge in [0.15, 0.2) is 0 Å². The van der Waals surface area contributed by atoms with Crippen LogP contribution in [0.15, 0.2) is 18.2 Å². The van der Waals surface area contributed by atoms with E-state index in [1.54, 1.807) is 11.3 Å². The van der Waals surface area contributed by atoms with Crippen LogP contribution >= 0.6 is 11.3 Å². The molecule has 0 fully saturated rings. The molecular weight excluding hydrogens is 216 g/mol. The summed E-state index contributed by atoms with van der Waals surface area (Å²) in [6.07, 6.45) is 0. The fourth-order valence-electron chi connectivity index (χ4n) is 1.52. The Morgan fingerprint density at radius 1 is 1.31 bits per heavy atom. The lowest BCUT2D eigenvalue weighted by Crippen LogP contribution is -2.18. The molecule has 2 rings (SSSR count). The number of hydrogen-bond acceptors (Lipinski definition) is 3. The fraction of sp³-hybridized carbons (Fsp3) is 0.462. The predicted molar refractivity (Wildman–Crippen MR) is 72.3 cm³/mol. The van der Waals surface area contributed by atoms with Crippen LogP contribution in [0.2, 0.25) is 0 Å². The minimum atomic E-state index is 0.304. The number of anilines is 1. The molecule has 0 aliphatic heterocycles. The van der Waals surface area contributed by atoms with Crippen LogP contribution in [0.25, 0.3) is 10.2 Å². The van der Waals surface area contributed by atoms with Gasteiger partial charge in [0, 0.05) is 12.2 Å². The zero-order valence-electron chi connectivity index (χ0n) is 10.3. The summed E-state index contributed by atoms with van der Waals surface area (Å²) in [6.45, 7) is 9.73. The first-order valence-electron chi connectivity index (χ1n) is 5.55. The van der Waals surface area contributed by atoms with Gasteiger partial charge in [0.25, 0.3) is 0 Å². The van der Waals surface area contributed by atoms with E-state index < -0.39 is 0 Å². The molecule has 1 aromatic carbocycles. The van der Waals surface area contributed by atoms with Crippen LogP contribution in [-0.2, 0) is 0 Å². The second-order valence-corrected chi connectivity index (χ2v) is 6.56. The molecule has 1 aromatic heterocycles. The van der Waals surface area contributed by atoms with Gasteiger partial charge in [-0.2, -0.15) is 0 Å². The van der Waals surface area contributed by atoms with Gasteiger partial charge in [0.05, 0.1) is 15.2 Å². The Morgan fingerprint density at radius 3 is 2.75 bits per heavy atom. The highest BCUT2D eigenvalue weighted by Crippen LogP contribution is 2.25. The number of aromatic nitrogens is 1. The number of thiazole rings is 1. The molecule has 0 aliphatic carbocycles. The lowest BCUT2D eigenvalue weighted by molar-refractivity contribution is 0.443. The van der Waals surface area contributed by atoms with Gasteiger partial charge in [0.1, 0.15) is 0 Å². The van der Waals surface area contributed by atoms with Crippen LogP contribution in [0.1, 0.15) is 25.8 Å². The number of fused-ring (bicyclic) bond motifs is 1. The molecule has 0 bridgehead atoms. The molecule has 2 nitrogen and oxygen atoms in total. The van der Waals surface area contributed by atoms with Gasteiger partial charge in [0.2, 0.25) is 0 Å². The van der Waals surface area contributed by atoms with Gasteiger partial charge in [-0.25, -0.2) is 4.98 Å². The van der Waals surface area contributed by atoms with Crippen molar-refractivity contribution in [3.05, 3.63) is 23.2 Å². The second-order valence-electron chi connectivity index (χ2n) is 5.33. The Labute approximate surface area is 101 Å². The topological polar surface area (TPSA) is 24.9 Å². The van der Waals surface area contributed by atoms with Crippen molar-refractivity contribution in [1.82, 2.24) is 4.98 Å². The summed E-state index contributed by atoms with van der Waals surface area (Å²) in [4.78, 5) is 4.45. The Morgan fingerprint density at radius 2 is 2.06 bits per heavy atom. The maximum Gasteiger partial charge on any atom is 0.0907 e. The third-order valence-corrected chi connectivity index (χ3v) is 3.25. The van der Waals surface area contributed by atoms with E-state index in [0.717, 1.165) is 17.1 Å². The first kappa shape index (κ1) is 11.4. The van der Waals surface area contributed by atoms with Crippen molar-refractivity contribution in [2.45, 2.75) is 27.7 Å². The van der Waals surface area contributed by atoms with Crippen LogP contribution in [-0.4, -0.2) is 11.5 Å².